The number of amidine groups is 1. The van der Waals surface area contributed by atoms with Gasteiger partial charge in [-0.15, -0.1) is 11.3 Å². The molecule has 0 radical (unpaired) electrons. The van der Waals surface area contributed by atoms with E-state index in [0.717, 1.165) is 77.2 Å². The molecule has 5 rings (SSSR count). The number of benzene rings is 1. The van der Waals surface area contributed by atoms with E-state index >= 15 is 0 Å². The summed E-state index contributed by atoms with van der Waals surface area (Å²) in [6.07, 6.45) is 6.88. The molecule has 3 aromatic rings. The molecule has 1 amide bonds. The van der Waals surface area contributed by atoms with Gasteiger partial charge in [0.25, 0.3) is 5.91 Å². The van der Waals surface area contributed by atoms with Crippen molar-refractivity contribution in [2.24, 2.45) is 4.99 Å². The van der Waals surface area contributed by atoms with Crippen LogP contribution in [-0.2, 0) is 22.7 Å². The van der Waals surface area contributed by atoms with E-state index in [2.05, 4.69) is 46.4 Å². The molecule has 1 aliphatic heterocycles. The van der Waals surface area contributed by atoms with Gasteiger partial charge in [-0.25, -0.2) is 0 Å². The van der Waals surface area contributed by atoms with E-state index < -0.39 is 5.54 Å². The average molecular weight is 587 g/mol. The van der Waals surface area contributed by atoms with Crippen molar-refractivity contribution < 1.29 is 14.1 Å². The van der Waals surface area contributed by atoms with Crippen molar-refractivity contribution >= 4 is 52.4 Å². The standard InChI is InChI=1S/C29H35ClN4O3S2/c1-4-6-9-24-31-29(13-7-8-14-29)28(35)34(24)17-20-10-11-22(21(16-20)18-36-5-2)26-23(12-15-38-26)39-33-27-25(30)19(3)37-32-27/h10-12,15-16H,4-9,13-14,17-18H2,1-3H3,(H,32,33). The maximum Gasteiger partial charge on any atom is 0.256 e. The highest BCUT2D eigenvalue weighted by Gasteiger charge is 2.49. The summed E-state index contributed by atoms with van der Waals surface area (Å²) in [5.74, 6) is 2.24. The third kappa shape index (κ3) is 5.92. The van der Waals surface area contributed by atoms with Crippen molar-refractivity contribution in [3.8, 4) is 10.4 Å². The van der Waals surface area contributed by atoms with Crippen molar-refractivity contribution in [3.63, 3.8) is 0 Å². The topological polar surface area (TPSA) is 80.0 Å². The zero-order chi connectivity index (χ0) is 27.4. The largest absolute Gasteiger partial charge is 0.377 e. The normalized spacial score (nSPS) is 16.5. The zero-order valence-electron chi connectivity index (χ0n) is 22.7. The van der Waals surface area contributed by atoms with Gasteiger partial charge in [-0.3, -0.25) is 14.7 Å². The van der Waals surface area contributed by atoms with Crippen LogP contribution in [0.1, 0.15) is 75.7 Å². The third-order valence-corrected chi connectivity index (χ3v) is 9.75. The van der Waals surface area contributed by atoms with Crippen LogP contribution in [0.2, 0.25) is 5.02 Å². The van der Waals surface area contributed by atoms with E-state index in [1.54, 1.807) is 18.3 Å². The number of aryl methyl sites for hydroxylation is 1. The maximum atomic E-state index is 13.6. The van der Waals surface area contributed by atoms with Crippen molar-refractivity contribution in [2.75, 3.05) is 11.3 Å². The highest BCUT2D eigenvalue weighted by atomic mass is 35.5. The Morgan fingerprint density at radius 3 is 2.79 bits per heavy atom. The predicted molar refractivity (Wildman–Crippen MR) is 160 cm³/mol. The highest BCUT2D eigenvalue weighted by Crippen LogP contribution is 2.42. The lowest BCUT2D eigenvalue weighted by molar-refractivity contribution is -0.131. The molecule has 2 aliphatic rings. The second-order valence-corrected chi connectivity index (χ2v) is 12.3. The van der Waals surface area contributed by atoms with Gasteiger partial charge in [-0.1, -0.05) is 61.1 Å². The summed E-state index contributed by atoms with van der Waals surface area (Å²) in [6, 6.07) is 8.56. The lowest BCUT2D eigenvalue weighted by Crippen LogP contribution is -2.40. The van der Waals surface area contributed by atoms with Gasteiger partial charge in [0.1, 0.15) is 16.4 Å². The summed E-state index contributed by atoms with van der Waals surface area (Å²) >= 11 is 9.42. The number of halogens is 1. The number of nitrogens with one attached hydrogen (secondary N) is 1. The molecular formula is C29H35ClN4O3S2. The zero-order valence-corrected chi connectivity index (χ0v) is 25.1. The Morgan fingerprint density at radius 2 is 2.08 bits per heavy atom. The lowest BCUT2D eigenvalue weighted by Gasteiger charge is -2.23. The van der Waals surface area contributed by atoms with E-state index in [-0.39, 0.29) is 5.91 Å². The first-order valence-electron chi connectivity index (χ1n) is 13.7. The van der Waals surface area contributed by atoms with Crippen LogP contribution in [0, 0.1) is 6.92 Å². The van der Waals surface area contributed by atoms with Crippen LogP contribution in [0.25, 0.3) is 10.4 Å². The van der Waals surface area contributed by atoms with Gasteiger partial charge >= 0.3 is 0 Å². The van der Waals surface area contributed by atoms with E-state index in [0.29, 0.717) is 36.4 Å². The van der Waals surface area contributed by atoms with Crippen molar-refractivity contribution in [2.45, 2.75) is 89.3 Å². The number of aromatic nitrogens is 1. The molecule has 1 N–H and O–H groups in total. The van der Waals surface area contributed by atoms with Crippen LogP contribution in [0.5, 0.6) is 0 Å². The monoisotopic (exact) mass is 586 g/mol. The molecular weight excluding hydrogens is 552 g/mol. The Kier molecular flexibility index (Phi) is 9.01. The van der Waals surface area contributed by atoms with E-state index in [9.17, 15) is 4.79 Å². The highest BCUT2D eigenvalue weighted by molar-refractivity contribution is 8.00. The molecule has 3 heterocycles. The minimum atomic E-state index is -0.515. The van der Waals surface area contributed by atoms with Crippen LogP contribution >= 0.6 is 34.9 Å². The predicted octanol–water partition coefficient (Wildman–Crippen LogP) is 8.26. The van der Waals surface area contributed by atoms with Gasteiger partial charge in [0, 0.05) is 22.8 Å². The Labute approximate surface area is 243 Å². The van der Waals surface area contributed by atoms with Gasteiger partial charge in [-0.05, 0) is 73.2 Å². The van der Waals surface area contributed by atoms with Crippen LogP contribution in [0.15, 0.2) is 44.1 Å². The summed E-state index contributed by atoms with van der Waals surface area (Å²) in [4.78, 5) is 22.8. The number of ether oxygens (including phenoxy) is 1. The number of amides is 1. The van der Waals surface area contributed by atoms with E-state index in [1.165, 1.54) is 11.9 Å². The number of carbonyl (C=O) groups excluding carboxylic acids is 1. The summed E-state index contributed by atoms with van der Waals surface area (Å²) in [6.45, 7) is 7.63. The van der Waals surface area contributed by atoms with Gasteiger partial charge in [0.15, 0.2) is 11.6 Å². The number of hydrogen-bond acceptors (Lipinski definition) is 8. The number of hydrogen-bond donors (Lipinski definition) is 1. The quantitative estimate of drug-likeness (QED) is 0.215. The number of carbonyl (C=O) groups is 1. The molecule has 2 aromatic heterocycles. The van der Waals surface area contributed by atoms with Crippen LogP contribution in [-0.4, -0.2) is 33.9 Å². The van der Waals surface area contributed by atoms with E-state index in [4.69, 9.17) is 25.9 Å². The molecule has 1 aliphatic carbocycles. The third-order valence-electron chi connectivity index (χ3n) is 7.38. The minimum absolute atomic E-state index is 0.186. The summed E-state index contributed by atoms with van der Waals surface area (Å²) in [5.41, 5.74) is 2.80. The number of thiophene rings is 1. The summed E-state index contributed by atoms with van der Waals surface area (Å²) in [5, 5.41) is 6.56. The first-order chi connectivity index (χ1) is 19.0. The van der Waals surface area contributed by atoms with Crippen molar-refractivity contribution in [1.29, 1.82) is 0 Å². The number of nitrogens with zero attached hydrogens (tertiary/aromatic N) is 3. The molecule has 0 bridgehead atoms. The smallest absolute Gasteiger partial charge is 0.256 e. The fourth-order valence-corrected chi connectivity index (χ4v) is 7.34. The maximum absolute atomic E-state index is 13.6. The number of unbranched alkanes of at least 4 members (excludes halogenated alkanes) is 1. The van der Waals surface area contributed by atoms with Crippen LogP contribution in [0.3, 0.4) is 0 Å². The Bertz CT molecular complexity index is 1350. The second kappa shape index (κ2) is 12.5. The number of rotatable bonds is 12. The van der Waals surface area contributed by atoms with Gasteiger partial charge < -0.3 is 14.0 Å². The van der Waals surface area contributed by atoms with Crippen molar-refractivity contribution in [3.05, 3.63) is 51.6 Å². The molecule has 0 saturated heterocycles. The number of aliphatic imine (C=N–C) groups is 1. The lowest BCUT2D eigenvalue weighted by atomic mass is 9.97. The molecule has 10 heteroatoms. The average Bonchev–Trinajstić information content (AvgIpc) is 3.72. The molecule has 1 saturated carbocycles. The number of anilines is 1. The molecule has 1 aromatic carbocycles. The molecule has 1 spiro atoms. The molecule has 0 unspecified atom stereocenters. The Morgan fingerprint density at radius 1 is 1.26 bits per heavy atom. The van der Waals surface area contributed by atoms with Gasteiger partial charge in [0.2, 0.25) is 0 Å². The first-order valence-corrected chi connectivity index (χ1v) is 15.8. The Hall–Kier alpha value is -2.33. The van der Waals surface area contributed by atoms with E-state index in [1.807, 2.05) is 11.8 Å². The summed E-state index contributed by atoms with van der Waals surface area (Å²) in [7, 11) is 0. The molecule has 208 valence electrons. The van der Waals surface area contributed by atoms with Gasteiger partial charge in [0.05, 0.1) is 13.2 Å². The molecule has 0 atom stereocenters. The molecule has 1 fully saturated rings. The first kappa shape index (κ1) is 28.2. The van der Waals surface area contributed by atoms with Crippen molar-refractivity contribution in [1.82, 2.24) is 10.1 Å². The SMILES string of the molecule is CCCCC1=NC2(CCCC2)C(=O)N1Cc1ccc(-c2sccc2SNc2noc(C)c2Cl)c(COCC)c1. The molecule has 7 nitrogen and oxygen atoms in total. The minimum Gasteiger partial charge on any atom is -0.377 e. The summed E-state index contributed by atoms with van der Waals surface area (Å²) < 4.78 is 14.3. The second-order valence-electron chi connectivity index (χ2n) is 10.1. The van der Waals surface area contributed by atoms with Crippen LogP contribution in [0.4, 0.5) is 5.82 Å². The fourth-order valence-electron chi connectivity index (χ4n) is 5.28. The Balaban J connectivity index is 1.39. The van der Waals surface area contributed by atoms with Crippen LogP contribution < -0.4 is 4.72 Å². The fraction of sp³-hybridized carbons (Fsp3) is 0.483. The van der Waals surface area contributed by atoms with Gasteiger partial charge in [-0.2, -0.15) is 0 Å². The molecule has 39 heavy (non-hydrogen) atoms.